The second-order valence-electron chi connectivity index (χ2n) is 5.53. The van der Waals surface area contributed by atoms with Crippen LogP contribution in [0.25, 0.3) is 6.08 Å². The number of nitrogens with zero attached hydrogens (tertiary/aromatic N) is 1. The third-order valence-electron chi connectivity index (χ3n) is 3.69. The molecule has 2 aromatic carbocycles. The molecule has 0 spiro atoms. The van der Waals surface area contributed by atoms with Gasteiger partial charge < -0.3 is 10.5 Å². The molecule has 0 saturated heterocycles. The van der Waals surface area contributed by atoms with Gasteiger partial charge in [0.25, 0.3) is 0 Å². The SMILES string of the molecule is Cc1cc(C)c(COc2ccc(F)cc2Cl)cc1C=C(C#N)C(N)=S. The molecule has 6 heteroatoms. The van der Waals surface area contributed by atoms with Crippen LogP contribution >= 0.6 is 23.8 Å². The molecule has 0 radical (unpaired) electrons. The second-order valence-corrected chi connectivity index (χ2v) is 6.38. The summed E-state index contributed by atoms with van der Waals surface area (Å²) in [5.74, 6) is -0.0148. The van der Waals surface area contributed by atoms with Gasteiger partial charge in [-0.2, -0.15) is 5.26 Å². The summed E-state index contributed by atoms with van der Waals surface area (Å²) < 4.78 is 18.8. The van der Waals surface area contributed by atoms with Crippen LogP contribution in [-0.2, 0) is 6.61 Å². The monoisotopic (exact) mass is 374 g/mol. The van der Waals surface area contributed by atoms with E-state index in [0.29, 0.717) is 5.75 Å². The number of nitrogens with two attached hydrogens (primary N) is 1. The summed E-state index contributed by atoms with van der Waals surface area (Å²) in [4.78, 5) is 0.0540. The number of rotatable bonds is 5. The molecule has 0 aliphatic heterocycles. The molecule has 0 heterocycles. The zero-order valence-corrected chi connectivity index (χ0v) is 15.3. The lowest BCUT2D eigenvalue weighted by atomic mass is 9.98. The number of hydrogen-bond donors (Lipinski definition) is 1. The molecule has 3 nitrogen and oxygen atoms in total. The fourth-order valence-electron chi connectivity index (χ4n) is 2.29. The standard InChI is InChI=1S/C19H16ClFN2OS/c1-11-5-12(2)15(7-13(11)6-14(9-22)19(23)25)10-24-18-4-3-16(21)8-17(18)20/h3-8H,10H2,1-2H3,(H2,23,25). The first-order valence-corrected chi connectivity index (χ1v) is 8.20. The molecular weight excluding hydrogens is 359 g/mol. The van der Waals surface area contributed by atoms with Gasteiger partial charge in [-0.25, -0.2) is 4.39 Å². The van der Waals surface area contributed by atoms with Crippen LogP contribution in [0.1, 0.15) is 22.3 Å². The maximum Gasteiger partial charge on any atom is 0.138 e. The minimum absolute atomic E-state index is 0.0540. The van der Waals surface area contributed by atoms with E-state index in [1.54, 1.807) is 6.08 Å². The van der Waals surface area contributed by atoms with Crippen molar-refractivity contribution in [1.29, 1.82) is 5.26 Å². The summed E-state index contributed by atoms with van der Waals surface area (Å²) in [5, 5.41) is 9.33. The van der Waals surface area contributed by atoms with Crippen molar-refractivity contribution in [2.45, 2.75) is 20.5 Å². The molecule has 0 aromatic heterocycles. The lowest BCUT2D eigenvalue weighted by Gasteiger charge is -2.13. The van der Waals surface area contributed by atoms with Crippen molar-refractivity contribution in [3.05, 3.63) is 69.0 Å². The van der Waals surface area contributed by atoms with E-state index in [0.717, 1.165) is 22.3 Å². The zero-order valence-electron chi connectivity index (χ0n) is 13.8. The van der Waals surface area contributed by atoms with Gasteiger partial charge in [0.15, 0.2) is 0 Å². The van der Waals surface area contributed by atoms with Gasteiger partial charge in [0.2, 0.25) is 0 Å². The zero-order chi connectivity index (χ0) is 18.6. The van der Waals surface area contributed by atoms with Crippen LogP contribution in [0.5, 0.6) is 5.75 Å². The third-order valence-corrected chi connectivity index (χ3v) is 4.20. The Morgan fingerprint density at radius 3 is 2.64 bits per heavy atom. The molecule has 2 aromatic rings. The number of halogens is 2. The summed E-state index contributed by atoms with van der Waals surface area (Å²) in [7, 11) is 0. The first kappa shape index (κ1) is 18.9. The Kier molecular flexibility index (Phi) is 6.13. The van der Waals surface area contributed by atoms with Gasteiger partial charge in [0, 0.05) is 0 Å². The normalized spacial score (nSPS) is 11.1. The molecule has 0 amide bonds. The molecule has 0 unspecified atom stereocenters. The number of hydrogen-bond acceptors (Lipinski definition) is 3. The fraction of sp³-hybridized carbons (Fsp3) is 0.158. The topological polar surface area (TPSA) is 59.0 Å². The van der Waals surface area contributed by atoms with Gasteiger partial charge in [-0.15, -0.1) is 0 Å². The maximum absolute atomic E-state index is 13.1. The van der Waals surface area contributed by atoms with E-state index in [1.165, 1.54) is 18.2 Å². The van der Waals surface area contributed by atoms with Crippen molar-refractivity contribution in [2.75, 3.05) is 0 Å². The summed E-state index contributed by atoms with van der Waals surface area (Å²) in [6.45, 7) is 4.16. The number of benzene rings is 2. The van der Waals surface area contributed by atoms with E-state index in [2.05, 4.69) is 0 Å². The molecular formula is C19H16ClFN2OS. The summed E-state index contributed by atoms with van der Waals surface area (Å²) in [6.07, 6.45) is 1.66. The fourth-order valence-corrected chi connectivity index (χ4v) is 2.62. The average molecular weight is 375 g/mol. The van der Waals surface area contributed by atoms with Crippen LogP contribution in [0.3, 0.4) is 0 Å². The minimum atomic E-state index is -0.418. The van der Waals surface area contributed by atoms with Gasteiger partial charge >= 0.3 is 0 Å². The van der Waals surface area contributed by atoms with Gasteiger partial charge in [0.05, 0.1) is 10.6 Å². The summed E-state index contributed by atoms with van der Waals surface area (Å²) in [6, 6.07) is 9.88. The van der Waals surface area contributed by atoms with E-state index in [-0.39, 0.29) is 22.2 Å². The number of thiocarbonyl (C=S) groups is 1. The smallest absolute Gasteiger partial charge is 0.138 e. The van der Waals surface area contributed by atoms with Crippen LogP contribution in [-0.4, -0.2) is 4.99 Å². The average Bonchev–Trinajstić information content (AvgIpc) is 2.54. The molecule has 2 N–H and O–H groups in total. The number of aryl methyl sites for hydroxylation is 2. The largest absolute Gasteiger partial charge is 0.487 e. The number of nitriles is 1. The lowest BCUT2D eigenvalue weighted by molar-refractivity contribution is 0.305. The Hall–Kier alpha value is -2.42. The highest BCUT2D eigenvalue weighted by Gasteiger charge is 2.09. The Balaban J connectivity index is 2.31. The second kappa shape index (κ2) is 8.11. The number of ether oxygens (including phenoxy) is 1. The van der Waals surface area contributed by atoms with Crippen molar-refractivity contribution in [1.82, 2.24) is 0 Å². The Bertz CT molecular complexity index is 903. The molecule has 0 saturated carbocycles. The quantitative estimate of drug-likeness (QED) is 0.461. The van der Waals surface area contributed by atoms with Crippen molar-refractivity contribution < 1.29 is 9.13 Å². The van der Waals surface area contributed by atoms with Crippen LogP contribution < -0.4 is 10.5 Å². The summed E-state index contributed by atoms with van der Waals surface area (Å²) >= 11 is 10.8. The predicted molar refractivity (Wildman–Crippen MR) is 102 cm³/mol. The molecule has 2 rings (SSSR count). The molecule has 0 fully saturated rings. The van der Waals surface area contributed by atoms with E-state index >= 15 is 0 Å². The Morgan fingerprint density at radius 1 is 1.32 bits per heavy atom. The van der Waals surface area contributed by atoms with E-state index in [9.17, 15) is 4.39 Å². The van der Waals surface area contributed by atoms with Crippen LogP contribution in [0.2, 0.25) is 5.02 Å². The Labute approximate surface area is 156 Å². The highest BCUT2D eigenvalue weighted by atomic mass is 35.5. The van der Waals surface area contributed by atoms with Crippen molar-refractivity contribution in [2.24, 2.45) is 5.73 Å². The lowest BCUT2D eigenvalue weighted by Crippen LogP contribution is -2.10. The van der Waals surface area contributed by atoms with E-state index in [1.807, 2.05) is 32.0 Å². The highest BCUT2D eigenvalue weighted by Crippen LogP contribution is 2.27. The molecule has 0 aliphatic rings. The van der Waals surface area contributed by atoms with E-state index in [4.69, 9.17) is 39.6 Å². The van der Waals surface area contributed by atoms with Crippen molar-refractivity contribution >= 4 is 34.9 Å². The minimum Gasteiger partial charge on any atom is -0.487 e. The van der Waals surface area contributed by atoms with E-state index < -0.39 is 5.82 Å². The van der Waals surface area contributed by atoms with Crippen molar-refractivity contribution in [3.63, 3.8) is 0 Å². The highest BCUT2D eigenvalue weighted by molar-refractivity contribution is 7.80. The summed E-state index contributed by atoms with van der Waals surface area (Å²) in [5.41, 5.74) is 9.56. The molecule has 128 valence electrons. The maximum atomic E-state index is 13.1. The first-order valence-electron chi connectivity index (χ1n) is 7.41. The van der Waals surface area contributed by atoms with Gasteiger partial charge in [-0.1, -0.05) is 29.9 Å². The third kappa shape index (κ3) is 4.79. The molecule has 0 atom stereocenters. The molecule has 25 heavy (non-hydrogen) atoms. The van der Waals surface area contributed by atoms with Crippen LogP contribution in [0.15, 0.2) is 35.9 Å². The Morgan fingerprint density at radius 2 is 2.04 bits per heavy atom. The van der Waals surface area contributed by atoms with Gasteiger partial charge in [-0.05, 0) is 66.4 Å². The molecule has 0 bridgehead atoms. The molecule has 0 aliphatic carbocycles. The van der Waals surface area contributed by atoms with Crippen molar-refractivity contribution in [3.8, 4) is 11.8 Å². The van der Waals surface area contributed by atoms with Gasteiger partial charge in [0.1, 0.15) is 29.2 Å². The first-order chi connectivity index (χ1) is 11.8. The predicted octanol–water partition coefficient (Wildman–Crippen LogP) is 4.87. The van der Waals surface area contributed by atoms with Crippen LogP contribution in [0, 0.1) is 31.0 Å². The van der Waals surface area contributed by atoms with Gasteiger partial charge in [-0.3, -0.25) is 0 Å². The van der Waals surface area contributed by atoms with Crippen LogP contribution in [0.4, 0.5) is 4.39 Å².